The first-order chi connectivity index (χ1) is 11.2. The zero-order valence-corrected chi connectivity index (χ0v) is 12.6. The number of nitrogen functional groups attached to an aromatic ring is 1. The number of carbonyl (C=O) groups is 1. The van der Waals surface area contributed by atoms with Crippen molar-refractivity contribution in [1.82, 2.24) is 19.9 Å². The molecule has 2 aromatic heterocycles. The highest BCUT2D eigenvalue weighted by molar-refractivity contribution is 5.83. The summed E-state index contributed by atoms with van der Waals surface area (Å²) in [4.78, 5) is 24.2. The van der Waals surface area contributed by atoms with Crippen LogP contribution < -0.4 is 15.8 Å². The zero-order chi connectivity index (χ0) is 18.3. The molecule has 0 bridgehead atoms. The van der Waals surface area contributed by atoms with Crippen LogP contribution in [0.4, 0.5) is 24.9 Å². The second-order valence-corrected chi connectivity index (χ2v) is 4.10. The molecule has 0 aliphatic heterocycles. The minimum atomic E-state index is -5.08. The Labute approximate surface area is 133 Å². The molecule has 0 amide bonds. The number of alkyl halides is 3. The van der Waals surface area contributed by atoms with E-state index in [1.807, 2.05) is 0 Å². The van der Waals surface area contributed by atoms with Crippen molar-refractivity contribution in [3.05, 3.63) is 0 Å². The van der Waals surface area contributed by atoms with Crippen molar-refractivity contribution >= 4 is 28.9 Å². The number of aromatic amines is 1. The summed E-state index contributed by atoms with van der Waals surface area (Å²) in [5.74, 6) is -2.01. The molecule has 24 heavy (non-hydrogen) atoms. The Morgan fingerprint density at radius 2 is 1.96 bits per heavy atom. The van der Waals surface area contributed by atoms with Crippen molar-refractivity contribution in [1.29, 1.82) is 0 Å². The highest BCUT2D eigenvalue weighted by Gasteiger charge is 2.38. The molecular formula is C11H15F3N6O4. The van der Waals surface area contributed by atoms with Gasteiger partial charge in [0.2, 0.25) is 5.95 Å². The lowest BCUT2D eigenvalue weighted by Crippen LogP contribution is -2.21. The number of aliphatic carboxylic acids is 1. The van der Waals surface area contributed by atoms with Crippen molar-refractivity contribution in [3.63, 3.8) is 0 Å². The number of anilines is 2. The van der Waals surface area contributed by atoms with Gasteiger partial charge in [-0.3, -0.25) is 0 Å². The fraction of sp³-hybridized carbons (Fsp3) is 0.455. The molecule has 2 rings (SSSR count). The molecule has 0 unspecified atom stereocenters. The normalized spacial score (nSPS) is 10.9. The number of H-pyrrole nitrogens is 1. The maximum Gasteiger partial charge on any atom is 0.490 e. The number of nitrogens with zero attached hydrogens (tertiary/aromatic N) is 3. The lowest BCUT2D eigenvalue weighted by molar-refractivity contribution is -0.192. The Morgan fingerprint density at radius 3 is 2.46 bits per heavy atom. The highest BCUT2D eigenvalue weighted by Crippen LogP contribution is 2.19. The Hall–Kier alpha value is -2.83. The van der Waals surface area contributed by atoms with E-state index >= 15 is 0 Å². The van der Waals surface area contributed by atoms with Crippen LogP contribution in [0.5, 0.6) is 6.01 Å². The maximum absolute atomic E-state index is 10.6. The summed E-state index contributed by atoms with van der Waals surface area (Å²) < 4.78 is 41.6. The second-order valence-electron chi connectivity index (χ2n) is 4.10. The van der Waals surface area contributed by atoms with Gasteiger partial charge in [-0.1, -0.05) is 0 Å². The number of halogens is 3. The molecule has 2 heterocycles. The number of fused-ring (bicyclic) bond motifs is 1. The number of nitrogens with two attached hydrogens (primary N) is 1. The maximum atomic E-state index is 10.6. The van der Waals surface area contributed by atoms with E-state index in [2.05, 4.69) is 25.3 Å². The molecule has 0 aliphatic carbocycles. The molecule has 5 N–H and O–H groups in total. The molecule has 0 atom stereocenters. The van der Waals surface area contributed by atoms with Crippen molar-refractivity contribution in [2.24, 2.45) is 0 Å². The molecule has 0 fully saturated rings. The number of rotatable bonds is 5. The van der Waals surface area contributed by atoms with Gasteiger partial charge in [-0.15, -0.1) is 0 Å². The first-order valence-electron chi connectivity index (χ1n) is 6.29. The molecule has 13 heteroatoms. The number of ether oxygens (including phenoxy) is 2. The molecule has 10 nitrogen and oxygen atoms in total. The van der Waals surface area contributed by atoms with Gasteiger partial charge in [0.15, 0.2) is 11.5 Å². The summed E-state index contributed by atoms with van der Waals surface area (Å²) in [7, 11) is 3.14. The van der Waals surface area contributed by atoms with Crippen LogP contribution in [0.3, 0.4) is 0 Å². The van der Waals surface area contributed by atoms with Gasteiger partial charge in [0.25, 0.3) is 6.01 Å². The lowest BCUT2D eigenvalue weighted by Gasteiger charge is -2.04. The van der Waals surface area contributed by atoms with Crippen LogP contribution in [-0.2, 0) is 9.53 Å². The molecular weight excluding hydrogens is 337 g/mol. The van der Waals surface area contributed by atoms with Crippen molar-refractivity contribution < 1.29 is 32.5 Å². The van der Waals surface area contributed by atoms with E-state index in [0.717, 1.165) is 0 Å². The van der Waals surface area contributed by atoms with Gasteiger partial charge >= 0.3 is 12.1 Å². The average molecular weight is 352 g/mol. The van der Waals surface area contributed by atoms with E-state index in [9.17, 15) is 13.2 Å². The molecule has 134 valence electrons. The third-order valence-electron chi connectivity index (χ3n) is 2.38. The molecule has 0 aromatic carbocycles. The lowest BCUT2D eigenvalue weighted by atomic mass is 10.5. The number of imidazole rings is 1. The number of methoxy groups -OCH3 is 2. The fourth-order valence-corrected chi connectivity index (χ4v) is 1.34. The van der Waals surface area contributed by atoms with Gasteiger partial charge in [-0.05, 0) is 0 Å². The van der Waals surface area contributed by atoms with Crippen molar-refractivity contribution in [3.8, 4) is 6.01 Å². The minimum absolute atomic E-state index is 0.325. The fourth-order valence-electron chi connectivity index (χ4n) is 1.34. The predicted molar refractivity (Wildman–Crippen MR) is 76.7 cm³/mol. The van der Waals surface area contributed by atoms with Gasteiger partial charge in [-0.2, -0.15) is 28.1 Å². The second kappa shape index (κ2) is 8.14. The summed E-state index contributed by atoms with van der Waals surface area (Å²) in [5.41, 5.74) is 6.82. The Balaban J connectivity index is 0.000000351. The third-order valence-corrected chi connectivity index (χ3v) is 2.38. The van der Waals surface area contributed by atoms with E-state index in [0.29, 0.717) is 42.1 Å². The summed E-state index contributed by atoms with van der Waals surface area (Å²) in [6.07, 6.45) is -5.08. The van der Waals surface area contributed by atoms with E-state index in [1.54, 1.807) is 7.11 Å². The molecule has 0 radical (unpaired) electrons. The Bertz CT molecular complexity index is 690. The molecule has 2 aromatic rings. The van der Waals surface area contributed by atoms with Gasteiger partial charge in [0.05, 0.1) is 13.7 Å². The summed E-state index contributed by atoms with van der Waals surface area (Å²) in [6.45, 7) is 1.16. The van der Waals surface area contributed by atoms with Crippen molar-refractivity contribution in [2.75, 3.05) is 38.4 Å². The molecule has 0 saturated carbocycles. The van der Waals surface area contributed by atoms with Crippen LogP contribution in [0.2, 0.25) is 0 Å². The number of hydrogen-bond acceptors (Lipinski definition) is 8. The van der Waals surface area contributed by atoms with Crippen molar-refractivity contribution in [2.45, 2.75) is 6.18 Å². The van der Waals surface area contributed by atoms with Crippen LogP contribution >= 0.6 is 0 Å². The summed E-state index contributed by atoms with van der Waals surface area (Å²) in [6, 6.07) is 0.357. The molecule has 0 saturated heterocycles. The van der Waals surface area contributed by atoms with Crippen LogP contribution in [0, 0.1) is 0 Å². The number of hydrogen-bond donors (Lipinski definition) is 4. The van der Waals surface area contributed by atoms with Crippen LogP contribution in [0.25, 0.3) is 11.2 Å². The summed E-state index contributed by atoms with van der Waals surface area (Å²) >= 11 is 0. The largest absolute Gasteiger partial charge is 0.490 e. The smallest absolute Gasteiger partial charge is 0.475 e. The standard InChI is InChI=1S/C9H14N6O2.C2HF3O2/c1-16-4-3-11-8-13-6(10)5-7(14-8)15-9(12-5)17-2;3-2(4,5)1(6)7/h3-4H2,1-2H3,(H4,10,11,12,13,14,15);(H,6,7). The zero-order valence-electron chi connectivity index (χ0n) is 12.6. The first kappa shape index (κ1) is 19.2. The van der Waals surface area contributed by atoms with Crippen LogP contribution in [-0.4, -0.2) is 64.6 Å². The first-order valence-corrected chi connectivity index (χ1v) is 6.29. The number of aromatic nitrogens is 4. The predicted octanol–water partition coefficient (Wildman–Crippen LogP) is 0.635. The monoisotopic (exact) mass is 352 g/mol. The van der Waals surface area contributed by atoms with E-state index in [4.69, 9.17) is 25.1 Å². The van der Waals surface area contributed by atoms with E-state index < -0.39 is 12.1 Å². The van der Waals surface area contributed by atoms with Gasteiger partial charge in [0, 0.05) is 13.7 Å². The molecule has 0 aliphatic rings. The van der Waals surface area contributed by atoms with Gasteiger partial charge < -0.3 is 30.6 Å². The van der Waals surface area contributed by atoms with Gasteiger partial charge in [0.1, 0.15) is 5.52 Å². The Morgan fingerprint density at radius 1 is 1.33 bits per heavy atom. The van der Waals surface area contributed by atoms with Crippen LogP contribution in [0.15, 0.2) is 0 Å². The number of carboxylic acid groups (broad SMARTS) is 1. The number of carboxylic acids is 1. The van der Waals surface area contributed by atoms with E-state index in [1.165, 1.54) is 7.11 Å². The SMILES string of the molecule is COCCNc1nc(N)c2[nH]c(OC)nc2n1.O=C(O)C(F)(F)F. The minimum Gasteiger partial charge on any atom is -0.475 e. The third kappa shape index (κ3) is 5.42. The summed E-state index contributed by atoms with van der Waals surface area (Å²) in [5, 5.41) is 10.1. The number of nitrogens with one attached hydrogen (secondary N) is 2. The van der Waals surface area contributed by atoms with Crippen LogP contribution in [0.1, 0.15) is 0 Å². The quantitative estimate of drug-likeness (QED) is 0.569. The molecule has 0 spiro atoms. The van der Waals surface area contributed by atoms with Gasteiger partial charge in [-0.25, -0.2) is 4.79 Å². The van der Waals surface area contributed by atoms with E-state index in [-0.39, 0.29) is 0 Å². The topological polar surface area (TPSA) is 148 Å². The highest BCUT2D eigenvalue weighted by atomic mass is 19.4. The Kier molecular flexibility index (Phi) is 6.52. The average Bonchev–Trinajstić information content (AvgIpc) is 2.91.